The van der Waals surface area contributed by atoms with Gasteiger partial charge in [-0.15, -0.1) is 0 Å². The van der Waals surface area contributed by atoms with Gasteiger partial charge in [-0.3, -0.25) is 14.4 Å². The maximum absolute atomic E-state index is 13.8. The first-order valence-corrected chi connectivity index (χ1v) is 7.24. The van der Waals surface area contributed by atoms with Gasteiger partial charge in [0.15, 0.2) is 23.2 Å². The lowest BCUT2D eigenvalue weighted by Crippen LogP contribution is -2.24. The van der Waals surface area contributed by atoms with Crippen molar-refractivity contribution in [2.24, 2.45) is 0 Å². The second-order valence-electron chi connectivity index (χ2n) is 5.56. The number of furan rings is 1. The van der Waals surface area contributed by atoms with Crippen molar-refractivity contribution in [1.82, 2.24) is 0 Å². The molecule has 5 nitrogen and oxygen atoms in total. The van der Waals surface area contributed by atoms with Gasteiger partial charge in [0.1, 0.15) is 19.9 Å². The van der Waals surface area contributed by atoms with E-state index in [-0.39, 0.29) is 28.0 Å². The van der Waals surface area contributed by atoms with E-state index in [4.69, 9.17) is 4.42 Å². The average Bonchev–Trinajstić information content (AvgIpc) is 3.02. The number of hydrogen-bond acceptors (Lipinski definition) is 5. The Morgan fingerprint density at radius 2 is 1.76 bits per heavy atom. The number of rotatable bonds is 3. The minimum absolute atomic E-state index is 0.111. The Kier molecular flexibility index (Phi) is 3.90. The molecule has 1 aromatic carbocycles. The number of ketones is 3. The van der Waals surface area contributed by atoms with E-state index >= 15 is 0 Å². The third kappa shape index (κ3) is 2.41. The highest BCUT2D eigenvalue weighted by molar-refractivity contribution is 6.59. The van der Waals surface area contributed by atoms with Crippen molar-refractivity contribution >= 4 is 30.7 Å². The molecule has 0 spiro atoms. The molecule has 0 bridgehead atoms. The number of halogens is 2. The summed E-state index contributed by atoms with van der Waals surface area (Å²) in [5, 5.41) is 0. The van der Waals surface area contributed by atoms with E-state index < -0.39 is 34.7 Å². The third-order valence-corrected chi connectivity index (χ3v) is 4.18. The molecular formula is C17H11BF2O5. The van der Waals surface area contributed by atoms with Gasteiger partial charge in [0, 0.05) is 5.56 Å². The molecule has 1 aliphatic rings. The summed E-state index contributed by atoms with van der Waals surface area (Å²) in [6.07, 6.45) is 1.01. The summed E-state index contributed by atoms with van der Waals surface area (Å²) in [7, 11) is 2.68. The predicted octanol–water partition coefficient (Wildman–Crippen LogP) is 1.93. The van der Waals surface area contributed by atoms with Gasteiger partial charge in [0.2, 0.25) is 11.6 Å². The number of carbonyl (C=O) groups excluding carboxylic acids is 3. The Morgan fingerprint density at radius 1 is 1.16 bits per heavy atom. The highest BCUT2D eigenvalue weighted by Crippen LogP contribution is 2.33. The quantitative estimate of drug-likeness (QED) is 0.483. The molecule has 2 aromatic rings. The number of Topliss-reactive ketones (excluding diaryl/α,β-unsaturated/α-hetero) is 2. The number of ether oxygens (including phenoxy) is 1. The Morgan fingerprint density at radius 3 is 2.32 bits per heavy atom. The van der Waals surface area contributed by atoms with Gasteiger partial charge in [-0.2, -0.15) is 0 Å². The van der Waals surface area contributed by atoms with E-state index in [1.807, 2.05) is 0 Å². The standard InChI is InChI=1S/C17H11BF2O5/c1-6-12(18)17-11(15(23)13(6)21)8(5-25-17)14(22)7-3-9(19)16(24-2)10(20)4-7/h3-5H,18H2,1-2H3. The Bertz CT molecular complexity index is 964. The van der Waals surface area contributed by atoms with Crippen molar-refractivity contribution in [1.29, 1.82) is 0 Å². The van der Waals surface area contributed by atoms with Gasteiger partial charge in [-0.25, -0.2) is 8.78 Å². The van der Waals surface area contributed by atoms with Crippen LogP contribution in [0.4, 0.5) is 8.78 Å². The second-order valence-corrected chi connectivity index (χ2v) is 5.56. The zero-order chi connectivity index (χ0) is 18.5. The molecule has 0 radical (unpaired) electrons. The van der Waals surface area contributed by atoms with Crippen LogP contribution in [0.1, 0.15) is 39.0 Å². The van der Waals surface area contributed by atoms with Gasteiger partial charge in [-0.05, 0) is 30.1 Å². The maximum Gasteiger partial charge on any atom is 0.237 e. The van der Waals surface area contributed by atoms with Crippen molar-refractivity contribution in [3.63, 3.8) is 0 Å². The normalized spacial score (nSPS) is 13.9. The molecule has 1 heterocycles. The van der Waals surface area contributed by atoms with Crippen molar-refractivity contribution in [2.45, 2.75) is 6.92 Å². The molecule has 126 valence electrons. The minimum Gasteiger partial charge on any atom is -0.491 e. The molecule has 0 N–H and O–H groups in total. The van der Waals surface area contributed by atoms with Crippen LogP contribution in [0, 0.1) is 11.6 Å². The SMILES string of the molecule is BC1=C(C)C(=O)C(=O)c2c(C(=O)c3cc(F)c(OC)c(F)c3)coc21. The van der Waals surface area contributed by atoms with Crippen molar-refractivity contribution in [3.05, 3.63) is 58.1 Å². The van der Waals surface area contributed by atoms with Crippen LogP contribution in [-0.2, 0) is 4.79 Å². The summed E-state index contributed by atoms with van der Waals surface area (Å²) in [6, 6.07) is 1.60. The minimum atomic E-state index is -1.06. The smallest absolute Gasteiger partial charge is 0.237 e. The first kappa shape index (κ1) is 16.8. The molecule has 0 amide bonds. The van der Waals surface area contributed by atoms with Gasteiger partial charge in [0.25, 0.3) is 0 Å². The number of allylic oxidation sites excluding steroid dienone is 1. The van der Waals surface area contributed by atoms with E-state index in [0.717, 1.165) is 25.5 Å². The average molecular weight is 344 g/mol. The highest BCUT2D eigenvalue weighted by atomic mass is 19.1. The molecule has 3 rings (SSSR count). The summed E-state index contributed by atoms with van der Waals surface area (Å²) in [5.74, 6) is -5.09. The van der Waals surface area contributed by atoms with Crippen molar-refractivity contribution < 1.29 is 32.3 Å². The Hall–Kier alpha value is -3.03. The lowest BCUT2D eigenvalue weighted by atomic mass is 9.78. The molecule has 0 fully saturated rings. The molecule has 1 aromatic heterocycles. The fourth-order valence-electron chi connectivity index (χ4n) is 2.69. The van der Waals surface area contributed by atoms with Crippen LogP contribution in [0.25, 0.3) is 5.47 Å². The fourth-order valence-corrected chi connectivity index (χ4v) is 2.69. The summed E-state index contributed by atoms with van der Waals surface area (Å²) in [5.41, 5.74) is -0.0689. The molecular weight excluding hydrogens is 333 g/mol. The van der Waals surface area contributed by atoms with Gasteiger partial charge < -0.3 is 9.15 Å². The van der Waals surface area contributed by atoms with Crippen LogP contribution < -0.4 is 4.74 Å². The van der Waals surface area contributed by atoms with Crippen LogP contribution in [0.15, 0.2) is 28.4 Å². The molecule has 0 unspecified atom stereocenters. The van der Waals surface area contributed by atoms with E-state index in [9.17, 15) is 23.2 Å². The number of carbonyl (C=O) groups is 3. The number of benzene rings is 1. The summed E-state index contributed by atoms with van der Waals surface area (Å²) >= 11 is 0. The van der Waals surface area contributed by atoms with Crippen molar-refractivity contribution in [3.8, 4) is 5.75 Å². The van der Waals surface area contributed by atoms with Crippen LogP contribution >= 0.6 is 0 Å². The molecule has 0 aliphatic heterocycles. The van der Waals surface area contributed by atoms with Gasteiger partial charge in [-0.1, -0.05) is 0 Å². The maximum atomic E-state index is 13.8. The van der Waals surface area contributed by atoms with Crippen LogP contribution in [0.5, 0.6) is 5.75 Å². The lowest BCUT2D eigenvalue weighted by Gasteiger charge is -2.13. The van der Waals surface area contributed by atoms with Gasteiger partial charge >= 0.3 is 0 Å². The Balaban J connectivity index is 2.15. The van der Waals surface area contributed by atoms with E-state index in [1.54, 1.807) is 7.85 Å². The second kappa shape index (κ2) is 5.80. The summed E-state index contributed by atoms with van der Waals surface area (Å²) < 4.78 is 37.5. The third-order valence-electron chi connectivity index (χ3n) is 4.18. The van der Waals surface area contributed by atoms with E-state index in [0.29, 0.717) is 5.47 Å². The van der Waals surface area contributed by atoms with Crippen LogP contribution in [-0.4, -0.2) is 32.3 Å². The van der Waals surface area contributed by atoms with E-state index in [2.05, 4.69) is 4.74 Å². The highest BCUT2D eigenvalue weighted by Gasteiger charge is 2.36. The van der Waals surface area contributed by atoms with Crippen LogP contribution in [0.3, 0.4) is 0 Å². The molecule has 8 heteroatoms. The largest absolute Gasteiger partial charge is 0.491 e. The monoisotopic (exact) mass is 344 g/mol. The lowest BCUT2D eigenvalue weighted by molar-refractivity contribution is -0.111. The zero-order valence-electron chi connectivity index (χ0n) is 13.5. The fraction of sp³-hybridized carbons (Fsp3) is 0.118. The number of hydrogen-bond donors (Lipinski definition) is 0. The number of fused-ring (bicyclic) bond motifs is 1. The predicted molar refractivity (Wildman–Crippen MR) is 85.5 cm³/mol. The van der Waals surface area contributed by atoms with Gasteiger partial charge in [0.05, 0.1) is 18.2 Å². The first-order chi connectivity index (χ1) is 11.8. The van der Waals surface area contributed by atoms with Crippen molar-refractivity contribution in [2.75, 3.05) is 7.11 Å². The molecule has 25 heavy (non-hydrogen) atoms. The molecule has 0 atom stereocenters. The summed E-state index contributed by atoms with van der Waals surface area (Å²) in [6.45, 7) is 1.48. The Labute approximate surface area is 141 Å². The number of methoxy groups -OCH3 is 1. The molecule has 0 saturated heterocycles. The first-order valence-electron chi connectivity index (χ1n) is 7.24. The van der Waals surface area contributed by atoms with E-state index in [1.165, 1.54) is 6.92 Å². The topological polar surface area (TPSA) is 73.6 Å². The zero-order valence-corrected chi connectivity index (χ0v) is 13.5. The van der Waals surface area contributed by atoms with Crippen LogP contribution in [0.2, 0.25) is 0 Å². The molecule has 1 aliphatic carbocycles. The molecule has 0 saturated carbocycles. The summed E-state index contributed by atoms with van der Waals surface area (Å²) in [4.78, 5) is 36.9.